The number of nitrogens with zero attached hydrogens (tertiary/aromatic N) is 3. The first kappa shape index (κ1) is 20.0. The Morgan fingerprint density at radius 2 is 1.77 bits per heavy atom. The van der Waals surface area contributed by atoms with Crippen molar-refractivity contribution < 1.29 is 18.9 Å². The minimum absolute atomic E-state index is 0.101. The van der Waals surface area contributed by atoms with Gasteiger partial charge in [-0.25, -0.2) is 5.01 Å². The third kappa shape index (κ3) is 3.19. The molecule has 0 amide bonds. The van der Waals surface area contributed by atoms with E-state index in [1.807, 2.05) is 30.3 Å². The van der Waals surface area contributed by atoms with Gasteiger partial charge < -0.3 is 23.8 Å². The molecule has 0 radical (unpaired) electrons. The van der Waals surface area contributed by atoms with E-state index in [9.17, 15) is 0 Å². The van der Waals surface area contributed by atoms with Crippen molar-refractivity contribution in [3.8, 4) is 23.0 Å². The lowest BCUT2D eigenvalue weighted by molar-refractivity contribution is -0.148. The van der Waals surface area contributed by atoms with Crippen LogP contribution in [0.15, 0.2) is 41.5 Å². The van der Waals surface area contributed by atoms with Gasteiger partial charge in [0.05, 0.1) is 33.1 Å². The fourth-order valence-electron chi connectivity index (χ4n) is 4.93. The molecule has 7 nitrogen and oxygen atoms in total. The Labute approximate surface area is 183 Å². The van der Waals surface area contributed by atoms with Gasteiger partial charge in [0.25, 0.3) is 0 Å². The molecule has 5 rings (SSSR count). The molecule has 0 aromatic heterocycles. The zero-order valence-corrected chi connectivity index (χ0v) is 18.6. The number of ether oxygens (including phenoxy) is 4. The number of hydrogen-bond acceptors (Lipinski definition) is 7. The van der Waals surface area contributed by atoms with Crippen molar-refractivity contribution in [1.82, 2.24) is 9.91 Å². The van der Waals surface area contributed by atoms with Crippen molar-refractivity contribution in [2.24, 2.45) is 5.10 Å². The number of likely N-dealkylation sites (tertiary alicyclic amines) is 1. The first-order valence-electron chi connectivity index (χ1n) is 10.7. The molecule has 1 saturated heterocycles. The molecular weight excluding hydrogens is 394 g/mol. The van der Waals surface area contributed by atoms with Crippen LogP contribution in [-0.2, 0) is 0 Å². The topological polar surface area (TPSA) is 55.8 Å². The number of hydrogen-bond donors (Lipinski definition) is 0. The Morgan fingerprint density at radius 1 is 1.00 bits per heavy atom. The summed E-state index contributed by atoms with van der Waals surface area (Å²) in [5, 5.41) is 7.35. The van der Waals surface area contributed by atoms with Gasteiger partial charge in [-0.2, -0.15) is 5.10 Å². The van der Waals surface area contributed by atoms with Crippen LogP contribution in [0.1, 0.15) is 36.4 Å². The molecule has 164 valence electrons. The highest BCUT2D eigenvalue weighted by atomic mass is 16.5. The predicted octanol–water partition coefficient (Wildman–Crippen LogP) is 3.68. The number of hydrazone groups is 1. The second-order valence-corrected chi connectivity index (χ2v) is 8.41. The van der Waals surface area contributed by atoms with E-state index in [0.717, 1.165) is 72.2 Å². The summed E-state index contributed by atoms with van der Waals surface area (Å²) in [7, 11) is 7.20. The monoisotopic (exact) mass is 423 g/mol. The van der Waals surface area contributed by atoms with Crippen LogP contribution in [0.25, 0.3) is 0 Å². The second-order valence-electron chi connectivity index (χ2n) is 8.41. The molecule has 3 aliphatic heterocycles. The minimum atomic E-state index is -0.472. The van der Waals surface area contributed by atoms with Gasteiger partial charge in [0, 0.05) is 49.5 Å². The highest BCUT2D eigenvalue weighted by molar-refractivity contribution is 6.04. The van der Waals surface area contributed by atoms with Crippen LogP contribution in [0.3, 0.4) is 0 Å². The summed E-state index contributed by atoms with van der Waals surface area (Å²) in [6.45, 7) is 1.93. The second kappa shape index (κ2) is 7.64. The smallest absolute Gasteiger partial charge is 0.200 e. The summed E-state index contributed by atoms with van der Waals surface area (Å²) in [5.74, 6) is 3.17. The molecule has 1 atom stereocenters. The Bertz CT molecular complexity index is 1010. The van der Waals surface area contributed by atoms with Gasteiger partial charge in [0.15, 0.2) is 11.5 Å². The van der Waals surface area contributed by atoms with Gasteiger partial charge in [0.1, 0.15) is 11.5 Å². The Kier molecular flexibility index (Phi) is 4.93. The lowest BCUT2D eigenvalue weighted by Gasteiger charge is -2.50. The lowest BCUT2D eigenvalue weighted by Crippen LogP contribution is -2.58. The first-order valence-corrected chi connectivity index (χ1v) is 10.7. The molecule has 0 aliphatic carbocycles. The molecule has 3 aliphatic rings. The van der Waals surface area contributed by atoms with Crippen molar-refractivity contribution in [3.05, 3.63) is 47.5 Å². The molecule has 1 fully saturated rings. The number of rotatable bonds is 4. The molecule has 1 spiro atoms. The fourth-order valence-corrected chi connectivity index (χ4v) is 4.93. The van der Waals surface area contributed by atoms with E-state index >= 15 is 0 Å². The lowest BCUT2D eigenvalue weighted by atomic mass is 9.90. The minimum Gasteiger partial charge on any atom is -0.497 e. The third-order valence-electron chi connectivity index (χ3n) is 6.70. The average molecular weight is 424 g/mol. The number of piperidine rings is 1. The summed E-state index contributed by atoms with van der Waals surface area (Å²) < 4.78 is 23.4. The molecular formula is C24H29N3O4. The molecule has 0 bridgehead atoms. The highest BCUT2D eigenvalue weighted by Gasteiger charge is 2.52. The van der Waals surface area contributed by atoms with E-state index in [0.29, 0.717) is 0 Å². The third-order valence-corrected chi connectivity index (χ3v) is 6.70. The van der Waals surface area contributed by atoms with Crippen LogP contribution in [0, 0.1) is 0 Å². The summed E-state index contributed by atoms with van der Waals surface area (Å²) >= 11 is 0. The van der Waals surface area contributed by atoms with Crippen LogP contribution in [-0.4, -0.2) is 62.8 Å². The van der Waals surface area contributed by atoms with E-state index < -0.39 is 5.72 Å². The largest absolute Gasteiger partial charge is 0.497 e. The van der Waals surface area contributed by atoms with E-state index in [4.69, 9.17) is 24.0 Å². The molecule has 1 unspecified atom stereocenters. The van der Waals surface area contributed by atoms with Crippen LogP contribution >= 0.6 is 0 Å². The Morgan fingerprint density at radius 3 is 2.48 bits per heavy atom. The van der Waals surface area contributed by atoms with Gasteiger partial charge in [-0.3, -0.25) is 0 Å². The maximum atomic E-state index is 6.74. The van der Waals surface area contributed by atoms with Crippen molar-refractivity contribution in [2.45, 2.75) is 31.0 Å². The molecule has 31 heavy (non-hydrogen) atoms. The average Bonchev–Trinajstić information content (AvgIpc) is 3.27. The summed E-state index contributed by atoms with van der Waals surface area (Å²) in [6.07, 6.45) is 2.55. The quantitative estimate of drug-likeness (QED) is 0.748. The number of fused-ring (bicyclic) bond motifs is 4. The number of para-hydroxylation sites is 1. The fraction of sp³-hybridized carbons (Fsp3) is 0.458. The molecule has 0 saturated carbocycles. The Balaban J connectivity index is 1.60. The zero-order chi connectivity index (χ0) is 21.6. The maximum absolute atomic E-state index is 6.74. The van der Waals surface area contributed by atoms with Crippen molar-refractivity contribution in [2.75, 3.05) is 41.5 Å². The van der Waals surface area contributed by atoms with Crippen LogP contribution in [0.5, 0.6) is 23.0 Å². The first-order chi connectivity index (χ1) is 15.1. The van der Waals surface area contributed by atoms with E-state index in [-0.39, 0.29) is 6.04 Å². The summed E-state index contributed by atoms with van der Waals surface area (Å²) in [4.78, 5) is 2.34. The standard InChI is InChI=1S/C24H29N3O4/c1-26-12-10-24(11-13-26)27-20(18-6-5-7-21(29-3)23(18)31-24)15-19(25-27)17-9-8-16(28-2)14-22(17)30-4/h5-9,14,20H,10-13,15H2,1-4H3. The normalized spacial score (nSPS) is 21.7. The van der Waals surface area contributed by atoms with Gasteiger partial charge in [0.2, 0.25) is 5.72 Å². The molecule has 2 aromatic carbocycles. The number of methoxy groups -OCH3 is 3. The van der Waals surface area contributed by atoms with E-state index in [1.54, 1.807) is 21.3 Å². The van der Waals surface area contributed by atoms with Gasteiger partial charge in [-0.1, -0.05) is 12.1 Å². The number of benzene rings is 2. The SMILES string of the molecule is COc1ccc(C2=NN3C(C2)c2cccc(OC)c2OC32CCN(C)CC2)c(OC)c1. The predicted molar refractivity (Wildman–Crippen MR) is 118 cm³/mol. The van der Waals surface area contributed by atoms with E-state index in [1.165, 1.54) is 0 Å². The summed E-state index contributed by atoms with van der Waals surface area (Å²) in [5.41, 5.74) is 2.64. The van der Waals surface area contributed by atoms with Crippen molar-refractivity contribution >= 4 is 5.71 Å². The highest BCUT2D eigenvalue weighted by Crippen LogP contribution is 2.53. The summed E-state index contributed by atoms with van der Waals surface area (Å²) in [6, 6.07) is 12.1. The van der Waals surface area contributed by atoms with E-state index in [2.05, 4.69) is 23.0 Å². The zero-order valence-electron chi connectivity index (χ0n) is 18.6. The molecule has 2 aromatic rings. The molecule has 3 heterocycles. The van der Waals surface area contributed by atoms with Crippen LogP contribution < -0.4 is 18.9 Å². The van der Waals surface area contributed by atoms with Gasteiger partial charge in [-0.15, -0.1) is 0 Å². The molecule has 7 heteroatoms. The Hall–Kier alpha value is -2.93. The van der Waals surface area contributed by atoms with Crippen LogP contribution in [0.4, 0.5) is 0 Å². The van der Waals surface area contributed by atoms with Gasteiger partial charge >= 0.3 is 0 Å². The van der Waals surface area contributed by atoms with Gasteiger partial charge in [-0.05, 0) is 25.2 Å². The maximum Gasteiger partial charge on any atom is 0.200 e. The molecule has 0 N–H and O–H groups in total. The van der Waals surface area contributed by atoms with Crippen molar-refractivity contribution in [3.63, 3.8) is 0 Å². The van der Waals surface area contributed by atoms with Crippen LogP contribution in [0.2, 0.25) is 0 Å². The van der Waals surface area contributed by atoms with Crippen molar-refractivity contribution in [1.29, 1.82) is 0 Å².